The van der Waals surface area contributed by atoms with Gasteiger partial charge in [-0.05, 0) is 43.5 Å². The molecule has 3 aliphatic rings. The van der Waals surface area contributed by atoms with Crippen molar-refractivity contribution in [3.8, 4) is 0 Å². The first-order chi connectivity index (χ1) is 9.70. The van der Waals surface area contributed by atoms with Crippen molar-refractivity contribution in [2.24, 2.45) is 0 Å². The van der Waals surface area contributed by atoms with Crippen LogP contribution in [0.3, 0.4) is 0 Å². The van der Waals surface area contributed by atoms with Gasteiger partial charge in [-0.25, -0.2) is 0 Å². The highest BCUT2D eigenvalue weighted by molar-refractivity contribution is 6.33. The number of anilines is 2. The Morgan fingerprint density at radius 1 is 1.30 bits per heavy atom. The van der Waals surface area contributed by atoms with Crippen LogP contribution in [-0.2, 0) is 11.2 Å². The van der Waals surface area contributed by atoms with Gasteiger partial charge in [-0.2, -0.15) is 0 Å². The van der Waals surface area contributed by atoms with Gasteiger partial charge in [-0.1, -0.05) is 11.6 Å². The van der Waals surface area contributed by atoms with Crippen LogP contribution >= 0.6 is 11.6 Å². The van der Waals surface area contributed by atoms with Gasteiger partial charge in [0.25, 0.3) is 0 Å². The summed E-state index contributed by atoms with van der Waals surface area (Å²) in [4.78, 5) is 14.0. The summed E-state index contributed by atoms with van der Waals surface area (Å²) in [6.45, 7) is 2.42. The zero-order valence-electron chi connectivity index (χ0n) is 11.3. The van der Waals surface area contributed by atoms with E-state index in [-0.39, 0.29) is 5.91 Å². The van der Waals surface area contributed by atoms with Crippen LogP contribution in [0.1, 0.15) is 24.8 Å². The number of carbonyl (C=O) groups is 1. The minimum absolute atomic E-state index is 0.0519. The molecular formula is C15H18ClN3O. The Bertz CT molecular complexity index is 574. The molecule has 0 aromatic heterocycles. The van der Waals surface area contributed by atoms with Gasteiger partial charge in [-0.15, -0.1) is 0 Å². The summed E-state index contributed by atoms with van der Waals surface area (Å²) in [5.41, 5.74) is 2.88. The lowest BCUT2D eigenvalue weighted by molar-refractivity contribution is -0.115. The molecule has 2 saturated heterocycles. The van der Waals surface area contributed by atoms with Crippen LogP contribution in [0.15, 0.2) is 12.1 Å². The average Bonchev–Trinajstić information content (AvgIpc) is 3.06. The van der Waals surface area contributed by atoms with Gasteiger partial charge < -0.3 is 10.6 Å². The normalized spacial score (nSPS) is 28.4. The highest BCUT2D eigenvalue weighted by Gasteiger charge is 2.37. The molecule has 1 aromatic carbocycles. The minimum Gasteiger partial charge on any atom is -0.379 e. The number of halogens is 1. The Kier molecular flexibility index (Phi) is 2.89. The Morgan fingerprint density at radius 3 is 3.10 bits per heavy atom. The highest BCUT2D eigenvalue weighted by Crippen LogP contribution is 2.36. The molecule has 0 saturated carbocycles. The molecule has 0 radical (unpaired) electrons. The molecule has 2 N–H and O–H groups in total. The van der Waals surface area contributed by atoms with Crippen molar-refractivity contribution in [3.05, 3.63) is 22.7 Å². The molecule has 2 atom stereocenters. The molecule has 4 nitrogen and oxygen atoms in total. The summed E-state index contributed by atoms with van der Waals surface area (Å²) in [6, 6.07) is 5.04. The van der Waals surface area contributed by atoms with E-state index in [0.29, 0.717) is 23.5 Å². The van der Waals surface area contributed by atoms with Crippen LogP contribution in [-0.4, -0.2) is 36.0 Å². The first-order valence-corrected chi connectivity index (χ1v) is 7.71. The van der Waals surface area contributed by atoms with Gasteiger partial charge >= 0.3 is 0 Å². The number of carbonyl (C=O) groups excluding carboxylic acids is 1. The largest absolute Gasteiger partial charge is 0.379 e. The molecule has 0 spiro atoms. The number of nitrogens with one attached hydrogen (secondary N) is 2. The quantitative estimate of drug-likeness (QED) is 0.880. The van der Waals surface area contributed by atoms with Gasteiger partial charge in [0.15, 0.2) is 0 Å². The zero-order valence-corrected chi connectivity index (χ0v) is 12.0. The first kappa shape index (κ1) is 12.5. The highest BCUT2D eigenvalue weighted by atomic mass is 35.5. The van der Waals surface area contributed by atoms with E-state index in [1.165, 1.54) is 32.4 Å². The van der Waals surface area contributed by atoms with Crippen LogP contribution < -0.4 is 10.6 Å². The number of amides is 1. The fourth-order valence-electron chi connectivity index (χ4n) is 3.81. The molecule has 3 heterocycles. The number of nitrogens with zero attached hydrogens (tertiary/aromatic N) is 1. The molecular weight excluding hydrogens is 274 g/mol. The molecule has 106 valence electrons. The number of hydrogen-bond acceptors (Lipinski definition) is 3. The molecule has 5 heteroatoms. The van der Waals surface area contributed by atoms with Crippen molar-refractivity contribution < 1.29 is 4.79 Å². The zero-order chi connectivity index (χ0) is 13.7. The standard InChI is InChI=1S/C15H18ClN3O/c16-10-8-12-9(7-15(20)18-12)6-13(10)17-11-3-5-19-4-1-2-14(11)19/h6,8,11,14,17H,1-5,7H2,(H,18,20). The molecule has 1 amide bonds. The van der Waals surface area contributed by atoms with Gasteiger partial charge in [-0.3, -0.25) is 9.69 Å². The van der Waals surface area contributed by atoms with Crippen LogP contribution in [0, 0.1) is 0 Å². The van der Waals surface area contributed by atoms with Crippen molar-refractivity contribution in [2.75, 3.05) is 23.7 Å². The van der Waals surface area contributed by atoms with Crippen molar-refractivity contribution in [3.63, 3.8) is 0 Å². The summed E-state index contributed by atoms with van der Waals surface area (Å²) >= 11 is 6.35. The number of benzene rings is 1. The fourth-order valence-corrected chi connectivity index (χ4v) is 4.03. The molecule has 0 bridgehead atoms. The van der Waals surface area contributed by atoms with E-state index in [1.807, 2.05) is 12.1 Å². The Balaban J connectivity index is 1.57. The summed E-state index contributed by atoms with van der Waals surface area (Å²) in [7, 11) is 0. The van der Waals surface area contributed by atoms with Gasteiger partial charge in [0.05, 0.1) is 17.1 Å². The van der Waals surface area contributed by atoms with Crippen LogP contribution in [0.5, 0.6) is 0 Å². The summed E-state index contributed by atoms with van der Waals surface area (Å²) in [5.74, 6) is 0.0519. The number of hydrogen-bond donors (Lipinski definition) is 2. The average molecular weight is 292 g/mol. The van der Waals surface area contributed by atoms with E-state index in [0.717, 1.165) is 16.9 Å². The second kappa shape index (κ2) is 4.64. The molecule has 0 aliphatic carbocycles. The second-order valence-corrected chi connectivity index (χ2v) is 6.41. The fraction of sp³-hybridized carbons (Fsp3) is 0.533. The lowest BCUT2D eigenvalue weighted by Gasteiger charge is -2.23. The predicted octanol–water partition coefficient (Wildman–Crippen LogP) is 2.48. The van der Waals surface area contributed by atoms with Crippen molar-refractivity contribution in [1.82, 2.24) is 4.90 Å². The van der Waals surface area contributed by atoms with E-state index in [1.54, 1.807) is 0 Å². The van der Waals surface area contributed by atoms with E-state index in [9.17, 15) is 4.79 Å². The van der Waals surface area contributed by atoms with Crippen molar-refractivity contribution in [2.45, 2.75) is 37.8 Å². The lowest BCUT2D eigenvalue weighted by Crippen LogP contribution is -2.33. The SMILES string of the molecule is O=C1Cc2cc(NC3CCN4CCCC34)c(Cl)cc2N1. The topological polar surface area (TPSA) is 44.4 Å². The summed E-state index contributed by atoms with van der Waals surface area (Å²) in [5, 5.41) is 7.15. The van der Waals surface area contributed by atoms with E-state index in [2.05, 4.69) is 15.5 Å². The van der Waals surface area contributed by atoms with E-state index in [4.69, 9.17) is 11.6 Å². The van der Waals surface area contributed by atoms with Crippen LogP contribution in [0.25, 0.3) is 0 Å². The molecule has 4 rings (SSSR count). The van der Waals surface area contributed by atoms with Crippen LogP contribution in [0.2, 0.25) is 5.02 Å². The Labute approximate surface area is 123 Å². The maximum absolute atomic E-state index is 11.4. The second-order valence-electron chi connectivity index (χ2n) is 6.00. The first-order valence-electron chi connectivity index (χ1n) is 7.33. The van der Waals surface area contributed by atoms with E-state index >= 15 is 0 Å². The summed E-state index contributed by atoms with van der Waals surface area (Å²) in [6.07, 6.45) is 4.22. The van der Waals surface area contributed by atoms with Gasteiger partial charge in [0.2, 0.25) is 5.91 Å². The smallest absolute Gasteiger partial charge is 0.228 e. The maximum atomic E-state index is 11.4. The Morgan fingerprint density at radius 2 is 2.20 bits per heavy atom. The van der Waals surface area contributed by atoms with Crippen molar-refractivity contribution >= 4 is 28.9 Å². The molecule has 1 aromatic rings. The molecule has 3 aliphatic heterocycles. The molecule has 2 fully saturated rings. The third-order valence-corrected chi connectivity index (χ3v) is 5.08. The van der Waals surface area contributed by atoms with Gasteiger partial charge in [0, 0.05) is 24.3 Å². The number of fused-ring (bicyclic) bond motifs is 2. The summed E-state index contributed by atoms with van der Waals surface area (Å²) < 4.78 is 0. The van der Waals surface area contributed by atoms with Crippen molar-refractivity contribution in [1.29, 1.82) is 0 Å². The number of rotatable bonds is 2. The third kappa shape index (κ3) is 1.98. The molecule has 2 unspecified atom stereocenters. The molecule has 20 heavy (non-hydrogen) atoms. The minimum atomic E-state index is 0.0519. The van der Waals surface area contributed by atoms with Crippen LogP contribution in [0.4, 0.5) is 11.4 Å². The third-order valence-electron chi connectivity index (χ3n) is 4.76. The lowest BCUT2D eigenvalue weighted by atomic mass is 10.1. The van der Waals surface area contributed by atoms with Gasteiger partial charge in [0.1, 0.15) is 0 Å². The predicted molar refractivity (Wildman–Crippen MR) is 80.4 cm³/mol. The van der Waals surface area contributed by atoms with E-state index < -0.39 is 0 Å². The Hall–Kier alpha value is -1.26. The monoisotopic (exact) mass is 291 g/mol. The maximum Gasteiger partial charge on any atom is 0.228 e.